The van der Waals surface area contributed by atoms with Crippen LogP contribution >= 0.6 is 0 Å². The monoisotopic (exact) mass is 261 g/mol. The Morgan fingerprint density at radius 3 is 2.76 bits per heavy atom. The Morgan fingerprint density at radius 1 is 1.53 bits per heavy atom. The molecule has 1 rings (SSSR count). The van der Waals surface area contributed by atoms with Crippen molar-refractivity contribution in [2.75, 3.05) is 6.54 Å². The number of nitrogens with zero attached hydrogens (tertiary/aromatic N) is 1. The third-order valence-corrected chi connectivity index (χ3v) is 3.69. The summed E-state index contributed by atoms with van der Waals surface area (Å²) >= 11 is 0. The summed E-state index contributed by atoms with van der Waals surface area (Å²) < 4.78 is 25.9. The van der Waals surface area contributed by atoms with Crippen LogP contribution in [0.1, 0.15) is 32.5 Å². The van der Waals surface area contributed by atoms with Gasteiger partial charge in [-0.1, -0.05) is 20.3 Å². The standard InChI is InChI=1S/C10H19N3O3S/c1-3-5-8(14)6-12-17(15,16)10-7-11-9(4-2)13-10/h7-8,12,14H,3-6H2,1-2H3,(H,11,13). The van der Waals surface area contributed by atoms with Crippen LogP contribution in [-0.2, 0) is 16.4 Å². The lowest BCUT2D eigenvalue weighted by atomic mass is 10.2. The van der Waals surface area contributed by atoms with Crippen LogP contribution in [0.4, 0.5) is 0 Å². The van der Waals surface area contributed by atoms with E-state index in [0.29, 0.717) is 18.7 Å². The Bertz CT molecular complexity index is 441. The number of H-pyrrole nitrogens is 1. The highest BCUT2D eigenvalue weighted by atomic mass is 32.2. The summed E-state index contributed by atoms with van der Waals surface area (Å²) in [5.74, 6) is 0.625. The van der Waals surface area contributed by atoms with Crippen molar-refractivity contribution in [2.24, 2.45) is 0 Å². The molecule has 0 amide bonds. The van der Waals surface area contributed by atoms with E-state index in [1.165, 1.54) is 6.20 Å². The number of nitrogens with one attached hydrogen (secondary N) is 2. The van der Waals surface area contributed by atoms with Gasteiger partial charge in [-0.2, -0.15) is 0 Å². The first kappa shape index (κ1) is 14.1. The molecule has 1 heterocycles. The van der Waals surface area contributed by atoms with Crippen molar-refractivity contribution in [1.82, 2.24) is 14.7 Å². The molecular weight excluding hydrogens is 242 g/mol. The lowest BCUT2D eigenvalue weighted by molar-refractivity contribution is 0.167. The number of rotatable bonds is 7. The van der Waals surface area contributed by atoms with Crippen molar-refractivity contribution in [2.45, 2.75) is 44.2 Å². The number of sulfonamides is 1. The number of aliphatic hydroxyl groups is 1. The van der Waals surface area contributed by atoms with E-state index in [4.69, 9.17) is 0 Å². The second-order valence-corrected chi connectivity index (χ2v) is 5.58. The first-order chi connectivity index (χ1) is 7.99. The van der Waals surface area contributed by atoms with E-state index in [-0.39, 0.29) is 11.6 Å². The largest absolute Gasteiger partial charge is 0.392 e. The van der Waals surface area contributed by atoms with Crippen molar-refractivity contribution >= 4 is 10.0 Å². The summed E-state index contributed by atoms with van der Waals surface area (Å²) in [6.07, 6.45) is 2.67. The minimum absolute atomic E-state index is 0.0245. The molecule has 98 valence electrons. The van der Waals surface area contributed by atoms with Crippen molar-refractivity contribution in [3.05, 3.63) is 12.0 Å². The van der Waals surface area contributed by atoms with Gasteiger partial charge in [0.25, 0.3) is 10.0 Å². The molecular formula is C10H19N3O3S. The first-order valence-corrected chi connectivity index (χ1v) is 7.19. The van der Waals surface area contributed by atoms with Gasteiger partial charge in [0.2, 0.25) is 0 Å². The van der Waals surface area contributed by atoms with Crippen LogP contribution < -0.4 is 4.72 Å². The van der Waals surface area contributed by atoms with Crippen molar-refractivity contribution < 1.29 is 13.5 Å². The molecule has 0 aliphatic carbocycles. The van der Waals surface area contributed by atoms with Gasteiger partial charge in [-0.25, -0.2) is 18.1 Å². The molecule has 0 saturated heterocycles. The predicted molar refractivity (Wildman–Crippen MR) is 64.1 cm³/mol. The Morgan fingerprint density at radius 2 is 2.24 bits per heavy atom. The number of aromatic amines is 1. The summed E-state index contributed by atoms with van der Waals surface area (Å²) in [7, 11) is -3.59. The molecule has 0 aliphatic rings. The van der Waals surface area contributed by atoms with Gasteiger partial charge >= 0.3 is 0 Å². The van der Waals surface area contributed by atoms with Gasteiger partial charge in [0, 0.05) is 13.0 Å². The van der Waals surface area contributed by atoms with Crippen LogP contribution in [0.15, 0.2) is 11.2 Å². The third-order valence-electron chi connectivity index (χ3n) is 2.36. The fourth-order valence-electron chi connectivity index (χ4n) is 1.38. The van der Waals surface area contributed by atoms with Gasteiger partial charge in [-0.3, -0.25) is 0 Å². The summed E-state index contributed by atoms with van der Waals surface area (Å²) in [5, 5.41) is 9.50. The van der Waals surface area contributed by atoms with E-state index >= 15 is 0 Å². The molecule has 0 aromatic carbocycles. The second kappa shape index (κ2) is 6.13. The van der Waals surface area contributed by atoms with Crippen LogP contribution in [0.5, 0.6) is 0 Å². The highest BCUT2D eigenvalue weighted by molar-refractivity contribution is 7.89. The van der Waals surface area contributed by atoms with Gasteiger partial charge in [0.1, 0.15) is 5.82 Å². The van der Waals surface area contributed by atoms with Crippen molar-refractivity contribution in [1.29, 1.82) is 0 Å². The van der Waals surface area contributed by atoms with E-state index in [9.17, 15) is 13.5 Å². The number of hydrogen-bond donors (Lipinski definition) is 3. The van der Waals surface area contributed by atoms with Gasteiger partial charge in [0.05, 0.1) is 12.3 Å². The molecule has 6 nitrogen and oxygen atoms in total. The predicted octanol–water partition coefficient (Wildman–Crippen LogP) is 0.411. The molecule has 1 atom stereocenters. The summed E-state index contributed by atoms with van der Waals surface area (Å²) in [6, 6.07) is 0. The highest BCUT2D eigenvalue weighted by Crippen LogP contribution is 2.06. The van der Waals surface area contributed by atoms with Crippen LogP contribution in [-0.4, -0.2) is 36.1 Å². The van der Waals surface area contributed by atoms with E-state index in [1.807, 2.05) is 13.8 Å². The van der Waals surface area contributed by atoms with Crippen LogP contribution in [0, 0.1) is 0 Å². The van der Waals surface area contributed by atoms with Gasteiger partial charge < -0.3 is 10.1 Å². The molecule has 3 N–H and O–H groups in total. The molecule has 0 aliphatic heterocycles. The normalized spacial score (nSPS) is 13.8. The van der Waals surface area contributed by atoms with Crippen molar-refractivity contribution in [3.8, 4) is 0 Å². The quantitative estimate of drug-likeness (QED) is 0.662. The summed E-state index contributed by atoms with van der Waals surface area (Å²) in [4.78, 5) is 6.64. The molecule has 17 heavy (non-hydrogen) atoms. The lowest BCUT2D eigenvalue weighted by Gasteiger charge is -2.09. The van der Waals surface area contributed by atoms with E-state index in [1.54, 1.807) is 0 Å². The third kappa shape index (κ3) is 4.10. The Balaban J connectivity index is 2.62. The maximum atomic E-state index is 11.8. The molecule has 1 aromatic rings. The Kier molecular flexibility index (Phi) is 5.10. The maximum Gasteiger partial charge on any atom is 0.257 e. The number of aryl methyl sites for hydroxylation is 1. The summed E-state index contributed by atoms with van der Waals surface area (Å²) in [5.41, 5.74) is 0. The average molecular weight is 261 g/mol. The smallest absolute Gasteiger partial charge is 0.257 e. The first-order valence-electron chi connectivity index (χ1n) is 5.71. The van der Waals surface area contributed by atoms with Crippen molar-refractivity contribution in [3.63, 3.8) is 0 Å². The Labute approximate surface area is 102 Å². The topological polar surface area (TPSA) is 95.1 Å². The zero-order valence-corrected chi connectivity index (χ0v) is 10.9. The summed E-state index contributed by atoms with van der Waals surface area (Å²) in [6.45, 7) is 3.84. The highest BCUT2D eigenvalue weighted by Gasteiger charge is 2.17. The number of aromatic nitrogens is 2. The second-order valence-electron chi connectivity index (χ2n) is 3.84. The molecule has 7 heteroatoms. The van der Waals surface area contributed by atoms with Gasteiger partial charge in [-0.05, 0) is 6.42 Å². The molecule has 0 fully saturated rings. The maximum absolute atomic E-state index is 11.8. The Hall–Kier alpha value is -0.920. The number of hydrogen-bond acceptors (Lipinski definition) is 4. The molecule has 1 aromatic heterocycles. The van der Waals surface area contributed by atoms with E-state index < -0.39 is 16.1 Å². The fourth-order valence-corrected chi connectivity index (χ4v) is 2.39. The number of aliphatic hydroxyl groups excluding tert-OH is 1. The number of imidazole rings is 1. The zero-order valence-electron chi connectivity index (χ0n) is 10.1. The van der Waals surface area contributed by atoms with E-state index in [0.717, 1.165) is 6.42 Å². The fraction of sp³-hybridized carbons (Fsp3) is 0.700. The molecule has 0 bridgehead atoms. The minimum Gasteiger partial charge on any atom is -0.392 e. The SMILES string of the molecule is CCCC(O)CNS(=O)(=O)c1cnc(CC)[nH]1. The molecule has 0 saturated carbocycles. The zero-order chi connectivity index (χ0) is 12.9. The molecule has 0 radical (unpaired) electrons. The van der Waals surface area contributed by atoms with Crippen LogP contribution in [0.2, 0.25) is 0 Å². The lowest BCUT2D eigenvalue weighted by Crippen LogP contribution is -2.32. The average Bonchev–Trinajstić information content (AvgIpc) is 2.76. The van der Waals surface area contributed by atoms with Crippen LogP contribution in [0.3, 0.4) is 0 Å². The minimum atomic E-state index is -3.59. The molecule has 0 spiro atoms. The van der Waals surface area contributed by atoms with E-state index in [2.05, 4.69) is 14.7 Å². The van der Waals surface area contributed by atoms with Crippen LogP contribution in [0.25, 0.3) is 0 Å². The van der Waals surface area contributed by atoms with Gasteiger partial charge in [0.15, 0.2) is 5.03 Å². The molecule has 1 unspecified atom stereocenters. The van der Waals surface area contributed by atoms with Gasteiger partial charge in [-0.15, -0.1) is 0 Å².